The van der Waals surface area contributed by atoms with Crippen molar-refractivity contribution in [3.63, 3.8) is 0 Å². The number of rotatable bonds is 6. The van der Waals surface area contributed by atoms with Crippen LogP contribution < -0.4 is 4.74 Å². The van der Waals surface area contributed by atoms with E-state index in [1.807, 2.05) is 36.5 Å². The Morgan fingerprint density at radius 2 is 2.00 bits per heavy atom. The highest BCUT2D eigenvalue weighted by atomic mass is 35.5. The molecule has 3 aromatic rings. The maximum atomic E-state index is 13.3. The molecule has 1 aliphatic carbocycles. The van der Waals surface area contributed by atoms with Crippen molar-refractivity contribution in [2.75, 3.05) is 0 Å². The summed E-state index contributed by atoms with van der Waals surface area (Å²) in [7, 11) is 0. The van der Waals surface area contributed by atoms with Gasteiger partial charge in [0.05, 0.1) is 5.60 Å². The topological polar surface area (TPSA) is 65.6 Å². The van der Waals surface area contributed by atoms with E-state index >= 15 is 0 Å². The summed E-state index contributed by atoms with van der Waals surface area (Å²) in [6, 6.07) is 13.6. The number of halogens is 1. The molecule has 6 rings (SSSR count). The molecule has 2 saturated heterocycles. The molecule has 1 amide bonds. The second kappa shape index (κ2) is 8.13. The number of hydrogen-bond donors (Lipinski definition) is 2. The number of carbonyl (C=O) groups excluding carboxylic acids is 1. The quantitative estimate of drug-likeness (QED) is 0.481. The molecule has 3 fully saturated rings. The number of aliphatic hydroxyl groups is 1. The summed E-state index contributed by atoms with van der Waals surface area (Å²) in [5.41, 5.74) is 1.52. The summed E-state index contributed by atoms with van der Waals surface area (Å²) < 4.78 is 6.18. The number of carbonyl (C=O) groups is 1. The number of fused-ring (bicyclic) bond motifs is 3. The second-order valence-corrected chi connectivity index (χ2v) is 9.87. The summed E-state index contributed by atoms with van der Waals surface area (Å²) in [5, 5.41) is 12.2. The van der Waals surface area contributed by atoms with Gasteiger partial charge < -0.3 is 19.7 Å². The number of amides is 1. The Kier molecular flexibility index (Phi) is 5.42. The van der Waals surface area contributed by atoms with Gasteiger partial charge in [-0.2, -0.15) is 0 Å². The van der Waals surface area contributed by atoms with Gasteiger partial charge in [0.1, 0.15) is 11.5 Å². The summed E-state index contributed by atoms with van der Waals surface area (Å²) in [6.07, 6.45) is 5.45. The number of H-pyrrole nitrogens is 1. The molecule has 5 nitrogen and oxygen atoms in total. The van der Waals surface area contributed by atoms with Gasteiger partial charge >= 0.3 is 0 Å². The van der Waals surface area contributed by atoms with Crippen LogP contribution in [-0.4, -0.2) is 38.6 Å². The van der Waals surface area contributed by atoms with Crippen LogP contribution in [0.15, 0.2) is 48.7 Å². The summed E-state index contributed by atoms with van der Waals surface area (Å²) in [5.74, 6) is 1.69. The zero-order valence-corrected chi connectivity index (χ0v) is 19.2. The Morgan fingerprint density at radius 3 is 2.72 bits per heavy atom. The normalized spacial score (nSPS) is 25.4. The molecule has 0 radical (unpaired) electrons. The number of hydrogen-bond acceptors (Lipinski definition) is 3. The van der Waals surface area contributed by atoms with E-state index in [1.165, 1.54) is 0 Å². The third-order valence-electron chi connectivity index (χ3n) is 7.14. The molecular formula is C26H29ClN2O3. The highest BCUT2D eigenvalue weighted by molar-refractivity contribution is 6.30. The Labute approximate surface area is 193 Å². The van der Waals surface area contributed by atoms with Gasteiger partial charge in [-0.3, -0.25) is 4.79 Å². The minimum Gasteiger partial charge on any atom is -0.457 e. The molecule has 2 bridgehead atoms. The minimum absolute atomic E-state index is 0.0320. The van der Waals surface area contributed by atoms with Gasteiger partial charge in [0, 0.05) is 40.6 Å². The van der Waals surface area contributed by atoms with Gasteiger partial charge in [-0.05, 0) is 73.6 Å². The van der Waals surface area contributed by atoms with E-state index in [-0.39, 0.29) is 23.9 Å². The van der Waals surface area contributed by atoms with Crippen molar-refractivity contribution < 1.29 is 14.6 Å². The zero-order chi connectivity index (χ0) is 22.5. The Bertz CT molecular complexity index is 1130. The first-order chi connectivity index (χ1) is 15.4. The molecule has 3 aliphatic rings. The lowest BCUT2D eigenvalue weighted by Crippen LogP contribution is -2.67. The van der Waals surface area contributed by atoms with Gasteiger partial charge in [0.15, 0.2) is 0 Å². The molecule has 2 aromatic carbocycles. The molecule has 6 heteroatoms. The van der Waals surface area contributed by atoms with Crippen molar-refractivity contribution in [3.8, 4) is 11.5 Å². The van der Waals surface area contributed by atoms with Crippen molar-refractivity contribution in [2.24, 2.45) is 0 Å². The van der Waals surface area contributed by atoms with E-state index in [4.69, 9.17) is 16.3 Å². The molecule has 1 saturated carbocycles. The van der Waals surface area contributed by atoms with Crippen LogP contribution in [0, 0.1) is 0 Å². The number of aromatic nitrogens is 1. The van der Waals surface area contributed by atoms with E-state index in [1.54, 1.807) is 12.1 Å². The van der Waals surface area contributed by atoms with E-state index in [0.717, 1.165) is 41.5 Å². The highest BCUT2D eigenvalue weighted by Gasteiger charge is 2.54. The van der Waals surface area contributed by atoms with Crippen molar-refractivity contribution >= 4 is 28.4 Å². The fourth-order valence-electron chi connectivity index (χ4n) is 5.52. The average Bonchev–Trinajstić information content (AvgIpc) is 3.19. The molecule has 2 atom stereocenters. The van der Waals surface area contributed by atoms with Crippen LogP contribution in [-0.2, 0) is 4.79 Å². The summed E-state index contributed by atoms with van der Waals surface area (Å²) in [4.78, 5) is 18.8. The predicted octanol–water partition coefficient (Wildman–Crippen LogP) is 6.01. The summed E-state index contributed by atoms with van der Waals surface area (Å²) >= 11 is 6.00. The fraction of sp³-hybridized carbons (Fsp3) is 0.423. The molecule has 0 spiro atoms. The first-order valence-electron chi connectivity index (χ1n) is 11.4. The third kappa shape index (κ3) is 3.78. The van der Waals surface area contributed by atoms with Gasteiger partial charge in [0.25, 0.3) is 0 Å². The van der Waals surface area contributed by atoms with E-state index in [2.05, 4.69) is 23.7 Å². The van der Waals surface area contributed by atoms with Gasteiger partial charge in [-0.1, -0.05) is 31.5 Å². The summed E-state index contributed by atoms with van der Waals surface area (Å²) in [6.45, 7) is 4.20. The molecular weight excluding hydrogens is 424 g/mol. The maximum Gasteiger partial charge on any atom is 0.223 e. The van der Waals surface area contributed by atoms with Crippen molar-refractivity contribution in [3.05, 3.63) is 59.2 Å². The highest BCUT2D eigenvalue weighted by Crippen LogP contribution is 2.47. The zero-order valence-electron chi connectivity index (χ0n) is 18.5. The fourth-order valence-corrected chi connectivity index (χ4v) is 5.65. The lowest BCUT2D eigenvalue weighted by molar-refractivity contribution is -0.178. The van der Waals surface area contributed by atoms with Gasteiger partial charge in [0.2, 0.25) is 5.91 Å². The van der Waals surface area contributed by atoms with Crippen molar-refractivity contribution in [1.82, 2.24) is 9.88 Å². The largest absolute Gasteiger partial charge is 0.457 e. The first-order valence-corrected chi connectivity index (χ1v) is 11.8. The Balaban J connectivity index is 1.38. The molecule has 3 heterocycles. The van der Waals surface area contributed by atoms with Crippen LogP contribution in [0.4, 0.5) is 0 Å². The number of nitrogens with zero attached hydrogens (tertiary/aromatic N) is 1. The van der Waals surface area contributed by atoms with Crippen LogP contribution in [0.5, 0.6) is 11.5 Å². The number of nitrogens with one attached hydrogen (secondary N) is 1. The van der Waals surface area contributed by atoms with Gasteiger partial charge in [-0.15, -0.1) is 0 Å². The number of benzene rings is 2. The van der Waals surface area contributed by atoms with Crippen LogP contribution in [0.2, 0.25) is 5.02 Å². The molecule has 1 aromatic heterocycles. The smallest absolute Gasteiger partial charge is 0.223 e. The molecule has 2 aliphatic heterocycles. The SMILES string of the molecule is CCC1CC2(O)CC(C2)N1C(=O)CC(C)c1c[nH]c2cccc(Oc3ccc(Cl)cc3)c12. The molecule has 2 unspecified atom stereocenters. The van der Waals surface area contributed by atoms with Crippen LogP contribution in [0.3, 0.4) is 0 Å². The monoisotopic (exact) mass is 452 g/mol. The van der Waals surface area contributed by atoms with Crippen molar-refractivity contribution in [2.45, 2.75) is 69.6 Å². The van der Waals surface area contributed by atoms with Crippen LogP contribution in [0.1, 0.15) is 57.4 Å². The third-order valence-corrected chi connectivity index (χ3v) is 7.40. The molecule has 2 N–H and O–H groups in total. The predicted molar refractivity (Wildman–Crippen MR) is 126 cm³/mol. The first kappa shape index (κ1) is 21.4. The van der Waals surface area contributed by atoms with Crippen molar-refractivity contribution in [1.29, 1.82) is 0 Å². The lowest BCUT2D eigenvalue weighted by atomic mass is 9.66. The van der Waals surface area contributed by atoms with Gasteiger partial charge in [-0.25, -0.2) is 0 Å². The molecule has 32 heavy (non-hydrogen) atoms. The molecule has 168 valence electrons. The van der Waals surface area contributed by atoms with Crippen LogP contribution >= 0.6 is 11.6 Å². The van der Waals surface area contributed by atoms with E-state index in [9.17, 15) is 9.90 Å². The maximum absolute atomic E-state index is 13.3. The average molecular weight is 453 g/mol. The number of piperidine rings is 2. The Hall–Kier alpha value is -2.50. The number of ether oxygens (including phenoxy) is 1. The lowest BCUT2D eigenvalue weighted by Gasteiger charge is -2.58. The Morgan fingerprint density at radius 1 is 1.25 bits per heavy atom. The minimum atomic E-state index is -0.543. The van der Waals surface area contributed by atoms with E-state index < -0.39 is 5.60 Å². The second-order valence-electron chi connectivity index (χ2n) is 9.44. The number of aromatic amines is 1. The standard InChI is InChI=1S/C26H29ClN2O3/c1-3-18-12-26(31)13-19(14-26)29(18)24(30)11-16(2)21-15-28-22-5-4-6-23(25(21)22)32-20-9-7-17(27)8-10-20/h4-10,15-16,18-19,28,31H,3,11-14H2,1-2H3. The van der Waals surface area contributed by atoms with Crippen LogP contribution in [0.25, 0.3) is 10.9 Å². The van der Waals surface area contributed by atoms with E-state index in [0.29, 0.717) is 23.6 Å².